The van der Waals surface area contributed by atoms with Crippen molar-refractivity contribution < 1.29 is 56.8 Å². The van der Waals surface area contributed by atoms with Crippen LogP contribution in [-0.4, -0.2) is 96.0 Å². The van der Waals surface area contributed by atoms with E-state index in [-0.39, 0.29) is 19.4 Å². The standard InChI is InChI=1S/C47H78O12S/c1-3-5-7-9-11-13-15-17-19-20-22-24-26-28-30-32-34-36-43(49)58-40(38-57-47-46(52)45(51)44(50)41(59-47)39-60(53,54)55)37-56-42(48)35-33-31-29-27-25-23-21-18-16-14-12-10-8-6-4-2/h11-14,17-19,21-22,24,28,30,40-41,44-47,50-52H,3-10,15-16,20,23,25-27,29,31-39H2,1-2H3,(H,53,54,55)/b13-11+,14-12+,19-17+,21-18+,24-22+,30-28+/t40-,41-,44-,45?,46?,47+/m1/s1. The summed E-state index contributed by atoms with van der Waals surface area (Å²) >= 11 is 0. The first-order valence-corrected chi connectivity index (χ1v) is 24.1. The van der Waals surface area contributed by atoms with Gasteiger partial charge >= 0.3 is 11.9 Å². The fourth-order valence-electron chi connectivity index (χ4n) is 6.23. The van der Waals surface area contributed by atoms with Gasteiger partial charge in [-0.25, -0.2) is 0 Å². The Balaban J connectivity index is 2.52. The van der Waals surface area contributed by atoms with E-state index in [9.17, 15) is 37.9 Å². The molecule has 13 heteroatoms. The van der Waals surface area contributed by atoms with Crippen LogP contribution < -0.4 is 0 Å². The Morgan fingerprint density at radius 1 is 0.567 bits per heavy atom. The van der Waals surface area contributed by atoms with Crippen molar-refractivity contribution in [3.8, 4) is 0 Å². The third-order valence-corrected chi connectivity index (χ3v) is 10.5. The number of aliphatic hydroxyl groups excluding tert-OH is 3. The molecule has 12 nitrogen and oxygen atoms in total. The van der Waals surface area contributed by atoms with Gasteiger partial charge in [-0.3, -0.25) is 14.1 Å². The molecule has 0 saturated carbocycles. The zero-order chi connectivity index (χ0) is 44.1. The summed E-state index contributed by atoms with van der Waals surface area (Å²) in [5.41, 5.74) is 0. The lowest BCUT2D eigenvalue weighted by Gasteiger charge is -2.40. The Labute approximate surface area is 361 Å². The number of carbonyl (C=O) groups is 2. The van der Waals surface area contributed by atoms with Crippen LogP contribution in [0, 0.1) is 0 Å². The second-order valence-electron chi connectivity index (χ2n) is 15.4. The van der Waals surface area contributed by atoms with E-state index >= 15 is 0 Å². The van der Waals surface area contributed by atoms with Gasteiger partial charge in [-0.15, -0.1) is 0 Å². The van der Waals surface area contributed by atoms with Crippen molar-refractivity contribution in [3.05, 3.63) is 72.9 Å². The van der Waals surface area contributed by atoms with Gasteiger partial charge < -0.3 is 34.3 Å². The Morgan fingerprint density at radius 3 is 1.53 bits per heavy atom. The van der Waals surface area contributed by atoms with Gasteiger partial charge in [0.25, 0.3) is 10.1 Å². The van der Waals surface area contributed by atoms with Crippen molar-refractivity contribution in [2.75, 3.05) is 19.0 Å². The molecule has 6 atom stereocenters. The summed E-state index contributed by atoms with van der Waals surface area (Å²) in [7, 11) is -4.61. The van der Waals surface area contributed by atoms with Crippen molar-refractivity contribution in [1.29, 1.82) is 0 Å². The molecule has 2 unspecified atom stereocenters. The number of unbranched alkanes of at least 4 members (excludes halogenated alkanes) is 12. The molecule has 0 aromatic carbocycles. The van der Waals surface area contributed by atoms with Crippen LogP contribution in [0.25, 0.3) is 0 Å². The molecule has 1 aliphatic heterocycles. The van der Waals surface area contributed by atoms with E-state index in [0.29, 0.717) is 19.3 Å². The Bertz CT molecular complexity index is 1390. The van der Waals surface area contributed by atoms with Gasteiger partial charge in [-0.2, -0.15) is 8.42 Å². The van der Waals surface area contributed by atoms with Gasteiger partial charge in [0.2, 0.25) is 0 Å². The Kier molecular flexibility index (Phi) is 33.7. The van der Waals surface area contributed by atoms with E-state index in [0.717, 1.165) is 70.6 Å². The lowest BCUT2D eigenvalue weighted by atomic mass is 10.00. The topological polar surface area (TPSA) is 186 Å². The second-order valence-corrected chi connectivity index (χ2v) is 16.9. The molecule has 1 rings (SSSR count). The molecule has 0 spiro atoms. The van der Waals surface area contributed by atoms with Crippen LogP contribution >= 0.6 is 0 Å². The molecule has 1 fully saturated rings. The van der Waals surface area contributed by atoms with E-state index in [1.54, 1.807) is 0 Å². The van der Waals surface area contributed by atoms with Gasteiger partial charge in [-0.05, 0) is 83.5 Å². The van der Waals surface area contributed by atoms with Crippen molar-refractivity contribution in [3.63, 3.8) is 0 Å². The minimum absolute atomic E-state index is 0.0817. The monoisotopic (exact) mass is 867 g/mol. The molecule has 344 valence electrons. The minimum Gasteiger partial charge on any atom is -0.462 e. The molecule has 1 saturated heterocycles. The molecule has 0 bridgehead atoms. The zero-order valence-electron chi connectivity index (χ0n) is 36.5. The number of esters is 2. The molecule has 1 aliphatic rings. The van der Waals surface area contributed by atoms with Crippen molar-refractivity contribution in [2.45, 2.75) is 192 Å². The zero-order valence-corrected chi connectivity index (χ0v) is 37.3. The van der Waals surface area contributed by atoms with Crippen LogP contribution in [0.5, 0.6) is 0 Å². The van der Waals surface area contributed by atoms with E-state index in [1.807, 2.05) is 12.2 Å². The summed E-state index contributed by atoms with van der Waals surface area (Å²) in [4.78, 5) is 25.4. The van der Waals surface area contributed by atoms with E-state index in [4.69, 9.17) is 18.9 Å². The maximum Gasteiger partial charge on any atom is 0.306 e. The third-order valence-electron chi connectivity index (χ3n) is 9.76. The predicted octanol–water partition coefficient (Wildman–Crippen LogP) is 9.11. The highest BCUT2D eigenvalue weighted by molar-refractivity contribution is 7.85. The highest BCUT2D eigenvalue weighted by Crippen LogP contribution is 2.24. The molecule has 4 N–H and O–H groups in total. The molecule has 1 heterocycles. The van der Waals surface area contributed by atoms with Crippen molar-refractivity contribution in [2.24, 2.45) is 0 Å². The second kappa shape index (κ2) is 36.7. The lowest BCUT2D eigenvalue weighted by molar-refractivity contribution is -0.297. The highest BCUT2D eigenvalue weighted by Gasteiger charge is 2.46. The van der Waals surface area contributed by atoms with E-state index in [2.05, 4.69) is 74.6 Å². The number of rotatable bonds is 36. The number of carbonyl (C=O) groups excluding carboxylic acids is 2. The molecule has 0 amide bonds. The van der Waals surface area contributed by atoms with Crippen LogP contribution in [0.2, 0.25) is 0 Å². The highest BCUT2D eigenvalue weighted by atomic mass is 32.2. The summed E-state index contributed by atoms with van der Waals surface area (Å²) in [6, 6.07) is 0. The van der Waals surface area contributed by atoms with Gasteiger partial charge in [-0.1, -0.05) is 132 Å². The number of aliphatic hydroxyl groups is 3. The SMILES string of the molecule is CCCCC/C=C/C/C=C/C/C=C/C/C=C/CCCC(=O)O[C@H](COC(=O)CCCCCCC/C=C/C/C=C/CCCCC)CO[C@H]1O[C@H](CS(=O)(=O)O)[C@@H](O)C(O)C1O. The number of hydrogen-bond acceptors (Lipinski definition) is 11. The molecule has 0 aromatic heterocycles. The quantitative estimate of drug-likeness (QED) is 0.0203. The molecule has 60 heavy (non-hydrogen) atoms. The first-order valence-electron chi connectivity index (χ1n) is 22.5. The summed E-state index contributed by atoms with van der Waals surface area (Å²) in [5.74, 6) is -2.08. The molecular weight excluding hydrogens is 789 g/mol. The molecule has 0 aromatic rings. The fourth-order valence-corrected chi connectivity index (χ4v) is 6.92. The Hall–Kier alpha value is -2.91. The fraction of sp³-hybridized carbons (Fsp3) is 0.702. The van der Waals surface area contributed by atoms with Gasteiger partial charge in [0.1, 0.15) is 36.8 Å². The first kappa shape index (κ1) is 55.1. The average molecular weight is 867 g/mol. The summed E-state index contributed by atoms with van der Waals surface area (Å²) in [5, 5.41) is 30.9. The Morgan fingerprint density at radius 2 is 1.02 bits per heavy atom. The van der Waals surface area contributed by atoms with Crippen LogP contribution in [0.1, 0.15) is 155 Å². The normalized spacial score (nSPS) is 20.8. The van der Waals surface area contributed by atoms with Crippen molar-refractivity contribution in [1.82, 2.24) is 0 Å². The third kappa shape index (κ3) is 31.0. The maximum atomic E-state index is 12.8. The van der Waals surface area contributed by atoms with Crippen molar-refractivity contribution >= 4 is 22.1 Å². The van der Waals surface area contributed by atoms with Crippen LogP contribution in [-0.2, 0) is 38.7 Å². The molecule has 0 radical (unpaired) electrons. The van der Waals surface area contributed by atoms with Crippen LogP contribution in [0.15, 0.2) is 72.9 Å². The minimum atomic E-state index is -4.61. The first-order chi connectivity index (χ1) is 29.0. The number of allylic oxidation sites excluding steroid dienone is 12. The number of ether oxygens (including phenoxy) is 4. The molecular formula is C47H78O12S. The molecule has 0 aliphatic carbocycles. The van der Waals surface area contributed by atoms with E-state index in [1.165, 1.54) is 38.5 Å². The van der Waals surface area contributed by atoms with E-state index < -0.39 is 71.2 Å². The average Bonchev–Trinajstić information content (AvgIpc) is 3.21. The van der Waals surface area contributed by atoms with Gasteiger partial charge in [0.15, 0.2) is 12.4 Å². The maximum absolute atomic E-state index is 12.8. The van der Waals surface area contributed by atoms with Crippen LogP contribution in [0.3, 0.4) is 0 Å². The van der Waals surface area contributed by atoms with Crippen LogP contribution in [0.4, 0.5) is 0 Å². The summed E-state index contributed by atoms with van der Waals surface area (Å²) in [6.07, 6.45) is 36.6. The smallest absolute Gasteiger partial charge is 0.306 e. The largest absolute Gasteiger partial charge is 0.462 e. The summed E-state index contributed by atoms with van der Waals surface area (Å²) in [6.45, 7) is 3.63. The van der Waals surface area contributed by atoms with Gasteiger partial charge in [0.05, 0.1) is 6.61 Å². The lowest BCUT2D eigenvalue weighted by Crippen LogP contribution is -2.60. The number of hydrogen-bond donors (Lipinski definition) is 4. The predicted molar refractivity (Wildman–Crippen MR) is 238 cm³/mol. The van der Waals surface area contributed by atoms with Gasteiger partial charge in [0, 0.05) is 12.8 Å². The summed E-state index contributed by atoms with van der Waals surface area (Å²) < 4.78 is 54.0.